The SMILES string of the molecule is CC1(S(=O)(=O)N2CCC3=CCC[C@@H](c4ccc(Br)cc4)[C@@H]32)C=CC=CC1. The van der Waals surface area contributed by atoms with Gasteiger partial charge in [0, 0.05) is 16.9 Å². The lowest BCUT2D eigenvalue weighted by molar-refractivity contribution is 0.337. The van der Waals surface area contributed by atoms with Crippen molar-refractivity contribution in [1.82, 2.24) is 4.31 Å². The van der Waals surface area contributed by atoms with Crippen molar-refractivity contribution < 1.29 is 8.42 Å². The summed E-state index contributed by atoms with van der Waals surface area (Å²) in [6.45, 7) is 2.44. The van der Waals surface area contributed by atoms with Crippen molar-refractivity contribution in [2.45, 2.75) is 49.3 Å². The molecule has 0 N–H and O–H groups in total. The maximum atomic E-state index is 13.6. The molecule has 1 fully saturated rings. The molecule has 138 valence electrons. The van der Waals surface area contributed by atoms with E-state index in [-0.39, 0.29) is 12.0 Å². The topological polar surface area (TPSA) is 37.4 Å². The van der Waals surface area contributed by atoms with Crippen molar-refractivity contribution in [3.05, 3.63) is 70.3 Å². The van der Waals surface area contributed by atoms with Gasteiger partial charge in [-0.25, -0.2) is 8.42 Å². The van der Waals surface area contributed by atoms with Gasteiger partial charge in [-0.15, -0.1) is 0 Å². The Morgan fingerprint density at radius 1 is 1.19 bits per heavy atom. The molecule has 0 aromatic heterocycles. The molecule has 5 heteroatoms. The smallest absolute Gasteiger partial charge is 0.211 e. The number of hydrogen-bond acceptors (Lipinski definition) is 2. The van der Waals surface area contributed by atoms with Gasteiger partial charge in [0.15, 0.2) is 0 Å². The van der Waals surface area contributed by atoms with Gasteiger partial charge in [-0.1, -0.05) is 64.0 Å². The molecule has 0 spiro atoms. The fourth-order valence-electron chi connectivity index (χ4n) is 4.49. The molecule has 3 atom stereocenters. The summed E-state index contributed by atoms with van der Waals surface area (Å²) in [5.74, 6) is 0.229. The molecule has 4 rings (SSSR count). The van der Waals surface area contributed by atoms with E-state index in [9.17, 15) is 8.42 Å². The van der Waals surface area contributed by atoms with Crippen LogP contribution in [0.15, 0.2) is 64.7 Å². The zero-order valence-electron chi connectivity index (χ0n) is 14.9. The van der Waals surface area contributed by atoms with Crippen molar-refractivity contribution in [3.8, 4) is 0 Å². The molecule has 1 unspecified atom stereocenters. The molecule has 1 aromatic carbocycles. The molecule has 1 aromatic rings. The Labute approximate surface area is 164 Å². The normalized spacial score (nSPS) is 31.7. The number of hydrogen-bond donors (Lipinski definition) is 0. The first-order valence-electron chi connectivity index (χ1n) is 9.22. The third kappa shape index (κ3) is 2.94. The summed E-state index contributed by atoms with van der Waals surface area (Å²) in [7, 11) is -3.44. The molecular weight excluding hydrogens is 410 g/mol. The van der Waals surface area contributed by atoms with E-state index in [1.807, 2.05) is 31.2 Å². The molecular formula is C21H24BrNO2S. The molecule has 3 aliphatic rings. The minimum atomic E-state index is -3.44. The highest BCUT2D eigenvalue weighted by atomic mass is 79.9. The molecule has 1 saturated heterocycles. The number of rotatable bonds is 3. The van der Waals surface area contributed by atoms with Gasteiger partial charge < -0.3 is 0 Å². The number of nitrogens with zero attached hydrogens (tertiary/aromatic N) is 1. The van der Waals surface area contributed by atoms with E-state index in [2.05, 4.69) is 46.3 Å². The molecule has 0 radical (unpaired) electrons. The van der Waals surface area contributed by atoms with Crippen molar-refractivity contribution in [1.29, 1.82) is 0 Å². The fourth-order valence-corrected chi connectivity index (χ4v) is 6.77. The van der Waals surface area contributed by atoms with Crippen LogP contribution in [0.2, 0.25) is 0 Å². The summed E-state index contributed by atoms with van der Waals surface area (Å²) in [6, 6.07) is 8.33. The fraction of sp³-hybridized carbons (Fsp3) is 0.429. The van der Waals surface area contributed by atoms with E-state index in [0.29, 0.717) is 13.0 Å². The molecule has 26 heavy (non-hydrogen) atoms. The first-order chi connectivity index (χ1) is 12.4. The number of sulfonamides is 1. The Bertz CT molecular complexity index is 885. The lowest BCUT2D eigenvalue weighted by Crippen LogP contribution is -2.49. The summed E-state index contributed by atoms with van der Waals surface area (Å²) >= 11 is 3.50. The summed E-state index contributed by atoms with van der Waals surface area (Å²) in [5.41, 5.74) is 2.53. The highest BCUT2D eigenvalue weighted by molar-refractivity contribution is 9.10. The summed E-state index contributed by atoms with van der Waals surface area (Å²) in [6.07, 6.45) is 13.3. The van der Waals surface area contributed by atoms with Crippen LogP contribution in [0.4, 0.5) is 0 Å². The molecule has 3 nitrogen and oxygen atoms in total. The maximum absolute atomic E-state index is 13.6. The highest BCUT2D eigenvalue weighted by Crippen LogP contribution is 2.45. The molecule has 2 aliphatic carbocycles. The number of halogens is 1. The van der Waals surface area contributed by atoms with Crippen LogP contribution in [-0.4, -0.2) is 30.1 Å². The van der Waals surface area contributed by atoms with Crippen LogP contribution >= 0.6 is 15.9 Å². The molecule has 0 saturated carbocycles. The van der Waals surface area contributed by atoms with Crippen LogP contribution in [0, 0.1) is 0 Å². The van der Waals surface area contributed by atoms with Crippen LogP contribution < -0.4 is 0 Å². The van der Waals surface area contributed by atoms with Gasteiger partial charge in [-0.2, -0.15) is 4.31 Å². The van der Waals surface area contributed by atoms with Crippen LogP contribution in [0.1, 0.15) is 44.1 Å². The average molecular weight is 434 g/mol. The van der Waals surface area contributed by atoms with E-state index in [4.69, 9.17) is 0 Å². The lowest BCUT2D eigenvalue weighted by Gasteiger charge is -2.39. The predicted molar refractivity (Wildman–Crippen MR) is 110 cm³/mol. The summed E-state index contributed by atoms with van der Waals surface area (Å²) in [4.78, 5) is 0. The monoisotopic (exact) mass is 433 g/mol. The van der Waals surface area contributed by atoms with Crippen molar-refractivity contribution >= 4 is 26.0 Å². The molecule has 0 amide bonds. The van der Waals surface area contributed by atoms with Gasteiger partial charge in [0.05, 0.1) is 6.04 Å². The van der Waals surface area contributed by atoms with Crippen molar-refractivity contribution in [2.75, 3.05) is 6.54 Å². The lowest BCUT2D eigenvalue weighted by atomic mass is 9.80. The standard InChI is InChI=1S/C21H24BrNO2S/c1-21(13-3-2-4-14-21)26(24,25)23-15-12-17-6-5-7-19(20(17)23)16-8-10-18(22)11-9-16/h2-4,6,8-11,13,19-20H,5,7,12,14-15H2,1H3/t19-,20+,21?/m0/s1. The minimum Gasteiger partial charge on any atom is -0.211 e. The van der Waals surface area contributed by atoms with E-state index < -0.39 is 14.8 Å². The minimum absolute atomic E-state index is 0.0361. The van der Waals surface area contributed by atoms with Gasteiger partial charge in [0.1, 0.15) is 4.75 Å². The van der Waals surface area contributed by atoms with E-state index >= 15 is 0 Å². The van der Waals surface area contributed by atoms with Gasteiger partial charge >= 0.3 is 0 Å². The Kier molecular flexibility index (Phi) is 4.74. The largest absolute Gasteiger partial charge is 0.224 e. The predicted octanol–water partition coefficient (Wildman–Crippen LogP) is 4.93. The van der Waals surface area contributed by atoms with Crippen LogP contribution in [0.25, 0.3) is 0 Å². The molecule has 0 bridgehead atoms. The Hall–Kier alpha value is -1.17. The third-order valence-corrected chi connectivity index (χ3v) is 9.03. The quantitative estimate of drug-likeness (QED) is 0.633. The van der Waals surface area contributed by atoms with Crippen molar-refractivity contribution in [3.63, 3.8) is 0 Å². The van der Waals surface area contributed by atoms with E-state index in [1.54, 1.807) is 4.31 Å². The zero-order valence-corrected chi connectivity index (χ0v) is 17.3. The van der Waals surface area contributed by atoms with Gasteiger partial charge in [0.25, 0.3) is 0 Å². The van der Waals surface area contributed by atoms with E-state index in [1.165, 1.54) is 11.1 Å². The van der Waals surface area contributed by atoms with Gasteiger partial charge in [-0.3, -0.25) is 0 Å². The third-order valence-electron chi connectivity index (χ3n) is 5.99. The first-order valence-corrected chi connectivity index (χ1v) is 11.5. The second-order valence-electron chi connectivity index (χ2n) is 7.63. The van der Waals surface area contributed by atoms with E-state index in [0.717, 1.165) is 23.7 Å². The van der Waals surface area contributed by atoms with Crippen LogP contribution in [-0.2, 0) is 10.0 Å². The number of fused-ring (bicyclic) bond motifs is 1. The Balaban J connectivity index is 1.72. The summed E-state index contributed by atoms with van der Waals surface area (Å²) in [5, 5.41) is 0. The highest BCUT2D eigenvalue weighted by Gasteiger charge is 2.49. The Morgan fingerprint density at radius 3 is 2.65 bits per heavy atom. The average Bonchev–Trinajstić information content (AvgIpc) is 3.08. The second-order valence-corrected chi connectivity index (χ2v) is 10.9. The van der Waals surface area contributed by atoms with Gasteiger partial charge in [0.2, 0.25) is 10.0 Å². The zero-order chi connectivity index (χ0) is 18.4. The van der Waals surface area contributed by atoms with Crippen LogP contribution in [0.3, 0.4) is 0 Å². The second kappa shape index (κ2) is 6.77. The molecule has 1 heterocycles. The van der Waals surface area contributed by atoms with Gasteiger partial charge in [-0.05, 0) is 50.3 Å². The van der Waals surface area contributed by atoms with Crippen molar-refractivity contribution in [2.24, 2.45) is 0 Å². The maximum Gasteiger partial charge on any atom is 0.224 e. The first kappa shape index (κ1) is 18.2. The number of allylic oxidation sites excluding steroid dienone is 4. The summed E-state index contributed by atoms with van der Waals surface area (Å²) < 4.78 is 29.2. The number of benzene rings is 1. The molecule has 1 aliphatic heterocycles. The van der Waals surface area contributed by atoms with Crippen LogP contribution in [0.5, 0.6) is 0 Å². The Morgan fingerprint density at radius 2 is 1.96 bits per heavy atom.